The number of halogens is 1. The fourth-order valence-electron chi connectivity index (χ4n) is 3.88. The Kier molecular flexibility index (Phi) is 9.43. The topological polar surface area (TPSA) is 64.1 Å². The number of pyridine rings is 1. The molecule has 7 nitrogen and oxygen atoms in total. The molecule has 0 saturated carbocycles. The molecule has 0 aromatic carbocycles. The van der Waals surface area contributed by atoms with Crippen molar-refractivity contribution in [1.29, 1.82) is 0 Å². The van der Waals surface area contributed by atoms with Crippen LogP contribution in [0.4, 0.5) is 0 Å². The van der Waals surface area contributed by atoms with Crippen LogP contribution in [0.2, 0.25) is 0 Å². The molecule has 0 bridgehead atoms. The molecule has 1 N–H and O–H groups in total. The number of piperazine rings is 1. The van der Waals surface area contributed by atoms with Crippen LogP contribution in [0.5, 0.6) is 0 Å². The molecule has 2 aliphatic heterocycles. The Morgan fingerprint density at radius 2 is 1.89 bits per heavy atom. The van der Waals surface area contributed by atoms with Gasteiger partial charge in [0.1, 0.15) is 0 Å². The monoisotopic (exact) mass is 500 g/mol. The Bertz CT molecular complexity index is 627. The molecular formula is C20H33IN6O. The fraction of sp³-hybridized carbons (Fsp3) is 0.650. The molecule has 1 atom stereocenters. The summed E-state index contributed by atoms with van der Waals surface area (Å²) in [6.45, 7) is 8.31. The van der Waals surface area contributed by atoms with Gasteiger partial charge in [-0.2, -0.15) is 0 Å². The van der Waals surface area contributed by atoms with Gasteiger partial charge < -0.3 is 15.1 Å². The zero-order valence-electron chi connectivity index (χ0n) is 17.0. The van der Waals surface area contributed by atoms with E-state index in [1.54, 1.807) is 6.20 Å². The number of hydrogen-bond acceptors (Lipinski definition) is 4. The average Bonchev–Trinajstić information content (AvgIpc) is 3.26. The first kappa shape index (κ1) is 22.9. The van der Waals surface area contributed by atoms with E-state index in [9.17, 15) is 4.79 Å². The second-order valence-corrected chi connectivity index (χ2v) is 7.32. The van der Waals surface area contributed by atoms with Crippen LogP contribution >= 0.6 is 24.0 Å². The van der Waals surface area contributed by atoms with E-state index >= 15 is 0 Å². The van der Waals surface area contributed by atoms with Crippen LogP contribution in [0.1, 0.15) is 25.3 Å². The third-order valence-electron chi connectivity index (χ3n) is 5.57. The lowest BCUT2D eigenvalue weighted by molar-refractivity contribution is -0.135. The molecule has 2 saturated heterocycles. The van der Waals surface area contributed by atoms with Crippen molar-refractivity contribution in [3.63, 3.8) is 0 Å². The molecule has 0 spiro atoms. The van der Waals surface area contributed by atoms with E-state index in [2.05, 4.69) is 38.1 Å². The number of hydrogen-bond donors (Lipinski definition) is 1. The molecule has 1 aromatic heterocycles. The highest BCUT2D eigenvalue weighted by Gasteiger charge is 2.30. The highest BCUT2D eigenvalue weighted by molar-refractivity contribution is 14.0. The summed E-state index contributed by atoms with van der Waals surface area (Å²) in [4.78, 5) is 27.8. The van der Waals surface area contributed by atoms with Crippen molar-refractivity contribution in [3.8, 4) is 0 Å². The van der Waals surface area contributed by atoms with Gasteiger partial charge in [-0.05, 0) is 37.8 Å². The third-order valence-corrected chi connectivity index (χ3v) is 5.57. The van der Waals surface area contributed by atoms with E-state index in [1.165, 1.54) is 5.56 Å². The minimum Gasteiger partial charge on any atom is -0.356 e. The maximum Gasteiger partial charge on any atom is 0.239 e. The highest BCUT2D eigenvalue weighted by Crippen LogP contribution is 2.14. The molecule has 8 heteroatoms. The first-order chi connectivity index (χ1) is 13.2. The summed E-state index contributed by atoms with van der Waals surface area (Å²) in [7, 11) is 1.83. The summed E-state index contributed by atoms with van der Waals surface area (Å²) in [6.07, 6.45) is 6.92. The molecule has 1 amide bonds. The number of nitrogens with zero attached hydrogens (tertiary/aromatic N) is 5. The van der Waals surface area contributed by atoms with E-state index in [-0.39, 0.29) is 30.0 Å². The van der Waals surface area contributed by atoms with Gasteiger partial charge in [-0.25, -0.2) is 0 Å². The molecule has 156 valence electrons. The number of aliphatic imine (C=N–C) groups is 1. The smallest absolute Gasteiger partial charge is 0.239 e. The average molecular weight is 500 g/mol. The fourth-order valence-corrected chi connectivity index (χ4v) is 3.88. The summed E-state index contributed by atoms with van der Waals surface area (Å²) in [5.41, 5.74) is 1.22. The van der Waals surface area contributed by atoms with E-state index < -0.39 is 0 Å². The van der Waals surface area contributed by atoms with E-state index in [0.717, 1.165) is 71.0 Å². The van der Waals surface area contributed by atoms with Crippen molar-refractivity contribution >= 4 is 35.8 Å². The minimum absolute atomic E-state index is 0. The molecule has 3 heterocycles. The SMILES string of the molecule is CN=C(NCCc1cccnc1)N1CCN(C(C)C(=O)N2CCCC2)CC1.I. The lowest BCUT2D eigenvalue weighted by Gasteiger charge is -2.39. The number of nitrogens with one attached hydrogen (secondary N) is 1. The predicted molar refractivity (Wildman–Crippen MR) is 123 cm³/mol. The standard InChI is InChI=1S/C20H32N6O.HI/c1-17(19(27)25-10-3-4-11-25)24-12-14-26(15-13-24)20(21-2)23-9-7-18-6-5-8-22-16-18;/h5-6,8,16-17H,3-4,7,9-15H2,1-2H3,(H,21,23);1H. The first-order valence-corrected chi connectivity index (χ1v) is 10.1. The molecule has 2 aliphatic rings. The lowest BCUT2D eigenvalue weighted by atomic mass is 10.2. The number of carbonyl (C=O) groups excluding carboxylic acids is 1. The summed E-state index contributed by atoms with van der Waals surface area (Å²) >= 11 is 0. The number of aromatic nitrogens is 1. The Hall–Kier alpha value is -1.42. The Labute approximate surface area is 185 Å². The molecule has 1 aromatic rings. The summed E-state index contributed by atoms with van der Waals surface area (Å²) in [5, 5.41) is 3.45. The predicted octanol–water partition coefficient (Wildman–Crippen LogP) is 1.45. The van der Waals surface area contributed by atoms with Crippen LogP contribution in [-0.4, -0.2) is 90.5 Å². The van der Waals surface area contributed by atoms with Gasteiger partial charge in [0.2, 0.25) is 5.91 Å². The minimum atomic E-state index is -0.0224. The van der Waals surface area contributed by atoms with E-state index in [1.807, 2.05) is 24.2 Å². The second-order valence-electron chi connectivity index (χ2n) is 7.32. The largest absolute Gasteiger partial charge is 0.356 e. The van der Waals surface area contributed by atoms with Crippen molar-refractivity contribution in [2.45, 2.75) is 32.2 Å². The van der Waals surface area contributed by atoms with Crippen LogP contribution in [0.3, 0.4) is 0 Å². The van der Waals surface area contributed by atoms with Gasteiger partial charge >= 0.3 is 0 Å². The van der Waals surface area contributed by atoms with Crippen molar-refractivity contribution < 1.29 is 4.79 Å². The quantitative estimate of drug-likeness (QED) is 0.377. The van der Waals surface area contributed by atoms with Crippen LogP contribution in [0.25, 0.3) is 0 Å². The van der Waals surface area contributed by atoms with Gasteiger partial charge in [-0.1, -0.05) is 6.07 Å². The van der Waals surface area contributed by atoms with Crippen LogP contribution in [0.15, 0.2) is 29.5 Å². The van der Waals surface area contributed by atoms with Crippen molar-refractivity contribution in [2.75, 3.05) is 52.9 Å². The molecule has 0 aliphatic carbocycles. The number of amides is 1. The number of carbonyl (C=O) groups is 1. The van der Waals surface area contributed by atoms with Gasteiger partial charge in [0.15, 0.2) is 5.96 Å². The van der Waals surface area contributed by atoms with E-state index in [0.29, 0.717) is 5.91 Å². The maximum atomic E-state index is 12.6. The van der Waals surface area contributed by atoms with Gasteiger partial charge in [0, 0.05) is 65.3 Å². The normalized spacial score (nSPS) is 19.3. The van der Waals surface area contributed by atoms with Gasteiger partial charge in [-0.3, -0.25) is 19.7 Å². The van der Waals surface area contributed by atoms with Crippen LogP contribution in [-0.2, 0) is 11.2 Å². The zero-order valence-corrected chi connectivity index (χ0v) is 19.3. The molecule has 1 unspecified atom stereocenters. The molecule has 3 rings (SSSR count). The molecule has 28 heavy (non-hydrogen) atoms. The second kappa shape index (κ2) is 11.5. The number of likely N-dealkylation sites (tertiary alicyclic amines) is 1. The van der Waals surface area contributed by atoms with Gasteiger partial charge in [-0.15, -0.1) is 24.0 Å². The highest BCUT2D eigenvalue weighted by atomic mass is 127. The first-order valence-electron chi connectivity index (χ1n) is 10.1. The third kappa shape index (κ3) is 6.04. The van der Waals surface area contributed by atoms with Crippen LogP contribution < -0.4 is 5.32 Å². The van der Waals surface area contributed by atoms with Gasteiger partial charge in [0.05, 0.1) is 6.04 Å². The Balaban J connectivity index is 0.00000280. The molecule has 0 radical (unpaired) electrons. The molecular weight excluding hydrogens is 467 g/mol. The van der Waals surface area contributed by atoms with Crippen molar-refractivity contribution in [3.05, 3.63) is 30.1 Å². The summed E-state index contributed by atoms with van der Waals surface area (Å²) < 4.78 is 0. The summed E-state index contributed by atoms with van der Waals surface area (Å²) in [6, 6.07) is 4.04. The van der Waals surface area contributed by atoms with Crippen molar-refractivity contribution in [1.82, 2.24) is 25.0 Å². The van der Waals surface area contributed by atoms with Crippen LogP contribution in [0, 0.1) is 0 Å². The number of guanidine groups is 1. The van der Waals surface area contributed by atoms with Crippen molar-refractivity contribution in [2.24, 2.45) is 4.99 Å². The molecule has 2 fully saturated rings. The number of rotatable bonds is 5. The lowest BCUT2D eigenvalue weighted by Crippen LogP contribution is -2.57. The Morgan fingerprint density at radius 1 is 1.18 bits per heavy atom. The Morgan fingerprint density at radius 3 is 2.50 bits per heavy atom. The zero-order chi connectivity index (χ0) is 19.1. The van der Waals surface area contributed by atoms with Gasteiger partial charge in [0.25, 0.3) is 0 Å². The van der Waals surface area contributed by atoms with E-state index in [4.69, 9.17) is 0 Å². The maximum absolute atomic E-state index is 12.6. The summed E-state index contributed by atoms with van der Waals surface area (Å²) in [5.74, 6) is 1.23.